The van der Waals surface area contributed by atoms with Crippen LogP contribution in [0.2, 0.25) is 0 Å². The number of aromatic nitrogens is 1. The molecule has 0 aromatic carbocycles. The fourth-order valence-electron chi connectivity index (χ4n) is 3.55. The molecule has 3 rings (SSSR count). The number of anilines is 1. The minimum Gasteiger partial charge on any atom is -0.353 e. The zero-order valence-electron chi connectivity index (χ0n) is 12.8. The lowest BCUT2D eigenvalue weighted by atomic mass is 10.0. The average molecular weight is 287 g/mol. The van der Waals surface area contributed by atoms with Crippen molar-refractivity contribution in [1.29, 1.82) is 0 Å². The molecule has 2 aliphatic rings. The van der Waals surface area contributed by atoms with Gasteiger partial charge in [0.25, 0.3) is 5.91 Å². The monoisotopic (exact) mass is 287 g/mol. The molecule has 1 aliphatic carbocycles. The fourth-order valence-corrected chi connectivity index (χ4v) is 3.55. The molecule has 0 radical (unpaired) electrons. The highest BCUT2D eigenvalue weighted by molar-refractivity contribution is 5.99. The van der Waals surface area contributed by atoms with E-state index in [0.29, 0.717) is 12.1 Å². The van der Waals surface area contributed by atoms with Crippen LogP contribution in [0.25, 0.3) is 0 Å². The molecule has 1 N–H and O–H groups in total. The summed E-state index contributed by atoms with van der Waals surface area (Å²) in [6.07, 6.45) is 10.1. The van der Waals surface area contributed by atoms with E-state index < -0.39 is 0 Å². The number of carbonyl (C=O) groups excluding carboxylic acids is 1. The zero-order valence-corrected chi connectivity index (χ0v) is 12.8. The van der Waals surface area contributed by atoms with Crippen molar-refractivity contribution in [3.05, 3.63) is 23.9 Å². The molecule has 1 atom stereocenters. The Morgan fingerprint density at radius 2 is 2.00 bits per heavy atom. The number of hydrogen-bond donors (Lipinski definition) is 1. The van der Waals surface area contributed by atoms with Crippen LogP contribution in [0.3, 0.4) is 0 Å². The molecular formula is C17H25N3O. The Morgan fingerprint density at radius 1 is 1.24 bits per heavy atom. The summed E-state index contributed by atoms with van der Waals surface area (Å²) in [6.45, 7) is 3.23. The van der Waals surface area contributed by atoms with Gasteiger partial charge in [-0.2, -0.15) is 0 Å². The molecule has 2 fully saturated rings. The molecule has 4 nitrogen and oxygen atoms in total. The van der Waals surface area contributed by atoms with Crippen molar-refractivity contribution in [3.63, 3.8) is 0 Å². The number of nitrogens with zero attached hydrogens (tertiary/aromatic N) is 2. The van der Waals surface area contributed by atoms with Gasteiger partial charge in [-0.25, -0.2) is 4.98 Å². The van der Waals surface area contributed by atoms with Gasteiger partial charge in [-0.15, -0.1) is 0 Å². The Balaban J connectivity index is 1.79. The van der Waals surface area contributed by atoms with E-state index in [1.165, 1.54) is 32.1 Å². The van der Waals surface area contributed by atoms with Gasteiger partial charge >= 0.3 is 0 Å². The summed E-state index contributed by atoms with van der Waals surface area (Å²) < 4.78 is 0. The molecule has 1 aromatic heterocycles. The highest BCUT2D eigenvalue weighted by atomic mass is 16.1. The van der Waals surface area contributed by atoms with Crippen molar-refractivity contribution in [2.24, 2.45) is 0 Å². The summed E-state index contributed by atoms with van der Waals surface area (Å²) in [4.78, 5) is 19.4. The molecule has 0 spiro atoms. The Morgan fingerprint density at radius 3 is 2.76 bits per heavy atom. The molecule has 2 heterocycles. The van der Waals surface area contributed by atoms with Crippen LogP contribution in [0.5, 0.6) is 0 Å². The largest absolute Gasteiger partial charge is 0.353 e. The first-order valence-electron chi connectivity index (χ1n) is 8.28. The Kier molecular flexibility index (Phi) is 4.42. The lowest BCUT2D eigenvalue weighted by molar-refractivity contribution is 0.0938. The second kappa shape index (κ2) is 6.46. The minimum atomic E-state index is 0.0442. The SMILES string of the molecule is C[C@@H]1CCCCN1c1ncccc1C(=O)NC1CCCC1. The quantitative estimate of drug-likeness (QED) is 0.929. The third kappa shape index (κ3) is 3.20. The van der Waals surface area contributed by atoms with Crippen LogP contribution in [0.1, 0.15) is 62.2 Å². The van der Waals surface area contributed by atoms with Gasteiger partial charge in [-0.3, -0.25) is 4.79 Å². The highest BCUT2D eigenvalue weighted by Gasteiger charge is 2.25. The topological polar surface area (TPSA) is 45.2 Å². The van der Waals surface area contributed by atoms with E-state index in [0.717, 1.165) is 30.8 Å². The van der Waals surface area contributed by atoms with Crippen LogP contribution >= 0.6 is 0 Å². The van der Waals surface area contributed by atoms with Gasteiger partial charge in [-0.1, -0.05) is 12.8 Å². The molecule has 1 saturated heterocycles. The minimum absolute atomic E-state index is 0.0442. The van der Waals surface area contributed by atoms with Crippen LogP contribution in [0, 0.1) is 0 Å². The third-order valence-electron chi connectivity index (χ3n) is 4.80. The molecule has 4 heteroatoms. The van der Waals surface area contributed by atoms with Gasteiger partial charge in [-0.05, 0) is 51.2 Å². The maximum absolute atomic E-state index is 12.6. The number of nitrogens with one attached hydrogen (secondary N) is 1. The fraction of sp³-hybridized carbons (Fsp3) is 0.647. The Hall–Kier alpha value is -1.58. The van der Waals surface area contributed by atoms with E-state index in [1.54, 1.807) is 6.20 Å². The van der Waals surface area contributed by atoms with Crippen molar-refractivity contribution in [2.45, 2.75) is 64.0 Å². The van der Waals surface area contributed by atoms with Crippen LogP contribution in [-0.4, -0.2) is 29.5 Å². The zero-order chi connectivity index (χ0) is 14.7. The van der Waals surface area contributed by atoms with Gasteiger partial charge in [0.05, 0.1) is 5.56 Å². The van der Waals surface area contributed by atoms with Crippen LogP contribution in [0.4, 0.5) is 5.82 Å². The summed E-state index contributed by atoms with van der Waals surface area (Å²) in [7, 11) is 0. The average Bonchev–Trinajstić information content (AvgIpc) is 3.01. The molecule has 1 amide bonds. The standard InChI is InChI=1S/C17H25N3O/c1-13-7-4-5-12-20(13)16-15(10-6-11-18-16)17(21)19-14-8-2-3-9-14/h6,10-11,13-14H,2-5,7-9,12H2,1H3,(H,19,21)/t13-/m1/s1. The van der Waals surface area contributed by atoms with E-state index in [1.807, 2.05) is 12.1 Å². The molecule has 1 saturated carbocycles. The number of carbonyl (C=O) groups is 1. The Bertz CT molecular complexity index is 497. The van der Waals surface area contributed by atoms with Crippen molar-refractivity contribution in [2.75, 3.05) is 11.4 Å². The normalized spacial score (nSPS) is 23.3. The van der Waals surface area contributed by atoms with E-state index in [2.05, 4.69) is 22.1 Å². The van der Waals surface area contributed by atoms with Crippen molar-refractivity contribution >= 4 is 11.7 Å². The first-order valence-corrected chi connectivity index (χ1v) is 8.28. The number of amides is 1. The second-order valence-electron chi connectivity index (χ2n) is 6.37. The summed E-state index contributed by atoms with van der Waals surface area (Å²) in [5.74, 6) is 0.906. The van der Waals surface area contributed by atoms with E-state index in [4.69, 9.17) is 0 Å². The van der Waals surface area contributed by atoms with Crippen LogP contribution < -0.4 is 10.2 Å². The van der Waals surface area contributed by atoms with Crippen molar-refractivity contribution in [1.82, 2.24) is 10.3 Å². The van der Waals surface area contributed by atoms with Gasteiger partial charge in [0.2, 0.25) is 0 Å². The summed E-state index contributed by atoms with van der Waals surface area (Å²) >= 11 is 0. The molecule has 21 heavy (non-hydrogen) atoms. The van der Waals surface area contributed by atoms with Gasteiger partial charge in [0.1, 0.15) is 5.82 Å². The lowest BCUT2D eigenvalue weighted by Crippen LogP contribution is -2.40. The number of pyridine rings is 1. The molecule has 1 aliphatic heterocycles. The maximum Gasteiger partial charge on any atom is 0.255 e. The van der Waals surface area contributed by atoms with Crippen molar-refractivity contribution < 1.29 is 4.79 Å². The van der Waals surface area contributed by atoms with E-state index in [-0.39, 0.29) is 5.91 Å². The summed E-state index contributed by atoms with van der Waals surface area (Å²) in [6, 6.07) is 4.59. The Labute approximate surface area is 126 Å². The summed E-state index contributed by atoms with van der Waals surface area (Å²) in [5, 5.41) is 3.18. The molecule has 0 bridgehead atoms. The number of hydrogen-bond acceptors (Lipinski definition) is 3. The molecule has 0 unspecified atom stereocenters. The third-order valence-corrected chi connectivity index (χ3v) is 4.80. The van der Waals surface area contributed by atoms with Gasteiger partial charge < -0.3 is 10.2 Å². The number of rotatable bonds is 3. The predicted molar refractivity (Wildman–Crippen MR) is 84.6 cm³/mol. The predicted octanol–water partition coefficient (Wildman–Crippen LogP) is 3.13. The van der Waals surface area contributed by atoms with E-state index in [9.17, 15) is 4.79 Å². The van der Waals surface area contributed by atoms with Crippen LogP contribution in [0.15, 0.2) is 18.3 Å². The van der Waals surface area contributed by atoms with Gasteiger partial charge in [0.15, 0.2) is 0 Å². The van der Waals surface area contributed by atoms with Crippen LogP contribution in [-0.2, 0) is 0 Å². The molecule has 114 valence electrons. The van der Waals surface area contributed by atoms with Gasteiger partial charge in [0, 0.05) is 24.8 Å². The lowest BCUT2D eigenvalue weighted by Gasteiger charge is -2.35. The first-order chi connectivity index (χ1) is 10.3. The first kappa shape index (κ1) is 14.4. The molecule has 1 aromatic rings. The number of piperidine rings is 1. The highest BCUT2D eigenvalue weighted by Crippen LogP contribution is 2.26. The molecular weight excluding hydrogens is 262 g/mol. The van der Waals surface area contributed by atoms with E-state index >= 15 is 0 Å². The second-order valence-corrected chi connectivity index (χ2v) is 6.37. The smallest absolute Gasteiger partial charge is 0.255 e. The maximum atomic E-state index is 12.6. The summed E-state index contributed by atoms with van der Waals surface area (Å²) in [5.41, 5.74) is 0.734. The van der Waals surface area contributed by atoms with Crippen molar-refractivity contribution in [3.8, 4) is 0 Å².